The highest BCUT2D eigenvalue weighted by atomic mass is 32.2. The zero-order chi connectivity index (χ0) is 21.9. The molecule has 2 aromatic carbocycles. The fraction of sp³-hybridized carbons (Fsp3) is 0.409. The van der Waals surface area contributed by atoms with Gasteiger partial charge in [-0.15, -0.1) is 0 Å². The molecule has 1 saturated carbocycles. The highest BCUT2D eigenvalue weighted by Crippen LogP contribution is 2.31. The molecule has 0 saturated heterocycles. The monoisotopic (exact) mass is 434 g/mol. The van der Waals surface area contributed by atoms with E-state index in [0.717, 1.165) is 37.1 Å². The minimum absolute atomic E-state index is 0.140. The number of carbonyl (C=O) groups is 1. The van der Waals surface area contributed by atoms with Crippen LogP contribution in [0.2, 0.25) is 0 Å². The molecule has 0 spiro atoms. The number of amides is 2. The second-order valence-electron chi connectivity index (χ2n) is 8.60. The van der Waals surface area contributed by atoms with Crippen LogP contribution in [0.1, 0.15) is 39.2 Å². The summed E-state index contributed by atoms with van der Waals surface area (Å²) in [5.41, 5.74) is 0.189. The molecule has 1 aliphatic rings. The molecule has 0 atom stereocenters. The molecule has 0 radical (unpaired) electrons. The summed E-state index contributed by atoms with van der Waals surface area (Å²) >= 11 is 0. The Balaban J connectivity index is 1.82. The number of nitrogens with zero attached hydrogens (tertiary/aromatic N) is 1. The zero-order valence-electron chi connectivity index (χ0n) is 17.4. The fourth-order valence-corrected chi connectivity index (χ4v) is 3.88. The lowest BCUT2D eigenvalue weighted by molar-refractivity contribution is 0.183. The molecule has 1 fully saturated rings. The van der Waals surface area contributed by atoms with Crippen LogP contribution in [-0.4, -0.2) is 31.4 Å². The van der Waals surface area contributed by atoms with Crippen LogP contribution in [-0.2, 0) is 16.7 Å². The van der Waals surface area contributed by atoms with Crippen LogP contribution >= 0.6 is 0 Å². The molecule has 1 aliphatic carbocycles. The van der Waals surface area contributed by atoms with E-state index < -0.39 is 15.9 Å². The van der Waals surface area contributed by atoms with E-state index in [4.69, 9.17) is 4.18 Å². The average molecular weight is 435 g/mol. The Bertz CT molecular complexity index is 997. The number of urea groups is 1. The summed E-state index contributed by atoms with van der Waals surface area (Å²) in [4.78, 5) is 14.3. The van der Waals surface area contributed by atoms with Crippen LogP contribution in [0.5, 0.6) is 5.75 Å². The van der Waals surface area contributed by atoms with E-state index in [2.05, 4.69) is 5.32 Å². The standard InChI is InChI=1S/C22H27FN2O4S/c1-22(2,3)24-21(26)25(14-16-8-9-16)15-17-6-4-5-7-20(17)29-30(27,28)19-12-10-18(23)11-13-19/h4-7,10-13,16H,8-9,14-15H2,1-3H3,(H,24,26). The molecule has 2 amide bonds. The molecule has 0 bridgehead atoms. The second kappa shape index (κ2) is 8.63. The molecule has 1 N–H and O–H groups in total. The Hall–Kier alpha value is -2.61. The van der Waals surface area contributed by atoms with Crippen molar-refractivity contribution in [2.24, 2.45) is 5.92 Å². The molecule has 6 nitrogen and oxygen atoms in total. The van der Waals surface area contributed by atoms with Gasteiger partial charge in [0.1, 0.15) is 16.5 Å². The predicted octanol–water partition coefficient (Wildman–Crippen LogP) is 4.31. The van der Waals surface area contributed by atoms with Crippen molar-refractivity contribution in [3.63, 3.8) is 0 Å². The molecule has 30 heavy (non-hydrogen) atoms. The van der Waals surface area contributed by atoms with E-state index >= 15 is 0 Å². The maximum absolute atomic E-state index is 13.1. The van der Waals surface area contributed by atoms with Crippen molar-refractivity contribution in [2.75, 3.05) is 6.54 Å². The quantitative estimate of drug-likeness (QED) is 0.659. The van der Waals surface area contributed by atoms with E-state index in [1.807, 2.05) is 20.8 Å². The SMILES string of the molecule is CC(C)(C)NC(=O)N(Cc1ccccc1OS(=O)(=O)c1ccc(F)cc1)CC1CC1. The zero-order valence-corrected chi connectivity index (χ0v) is 18.2. The number of halogens is 1. The van der Waals surface area contributed by atoms with E-state index in [-0.39, 0.29) is 28.8 Å². The number of carbonyl (C=O) groups excluding carboxylic acids is 1. The smallest absolute Gasteiger partial charge is 0.339 e. The maximum Gasteiger partial charge on any atom is 0.339 e. The molecule has 0 aliphatic heterocycles. The number of para-hydroxylation sites is 1. The van der Waals surface area contributed by atoms with Gasteiger partial charge >= 0.3 is 16.1 Å². The van der Waals surface area contributed by atoms with Gasteiger partial charge in [0, 0.05) is 17.6 Å². The third-order valence-electron chi connectivity index (χ3n) is 4.58. The Labute approximate surface area is 177 Å². The van der Waals surface area contributed by atoms with Crippen LogP contribution in [0.15, 0.2) is 53.4 Å². The number of hydrogen-bond acceptors (Lipinski definition) is 4. The summed E-state index contributed by atoms with van der Waals surface area (Å²) < 4.78 is 43.7. The summed E-state index contributed by atoms with van der Waals surface area (Å²) in [6.07, 6.45) is 2.16. The lowest BCUT2D eigenvalue weighted by atomic mass is 10.1. The lowest BCUT2D eigenvalue weighted by Crippen LogP contribution is -2.48. The second-order valence-corrected chi connectivity index (χ2v) is 10.1. The van der Waals surface area contributed by atoms with Crippen molar-refractivity contribution < 1.29 is 21.8 Å². The van der Waals surface area contributed by atoms with Crippen molar-refractivity contribution in [1.29, 1.82) is 0 Å². The van der Waals surface area contributed by atoms with Gasteiger partial charge in [-0.05, 0) is 69.9 Å². The first-order valence-electron chi connectivity index (χ1n) is 9.88. The maximum atomic E-state index is 13.1. The normalized spacial score (nSPS) is 14.3. The van der Waals surface area contributed by atoms with Crippen molar-refractivity contribution in [2.45, 2.75) is 50.6 Å². The summed E-state index contributed by atoms with van der Waals surface area (Å²) in [6.45, 7) is 6.54. The highest BCUT2D eigenvalue weighted by molar-refractivity contribution is 7.87. The molecule has 0 unspecified atom stereocenters. The van der Waals surface area contributed by atoms with Crippen molar-refractivity contribution in [3.05, 3.63) is 59.9 Å². The molecule has 8 heteroatoms. The van der Waals surface area contributed by atoms with Gasteiger partial charge < -0.3 is 14.4 Å². The molecule has 0 heterocycles. The molecular formula is C22H27FN2O4S. The topological polar surface area (TPSA) is 75.7 Å². The molecule has 162 valence electrons. The van der Waals surface area contributed by atoms with Gasteiger partial charge in [-0.2, -0.15) is 8.42 Å². The highest BCUT2D eigenvalue weighted by Gasteiger charge is 2.29. The first-order chi connectivity index (χ1) is 14.0. The number of hydrogen-bond donors (Lipinski definition) is 1. The van der Waals surface area contributed by atoms with Crippen LogP contribution in [0.3, 0.4) is 0 Å². The molecular weight excluding hydrogens is 407 g/mol. The summed E-state index contributed by atoms with van der Waals surface area (Å²) in [7, 11) is -4.13. The average Bonchev–Trinajstić information content (AvgIpc) is 3.45. The van der Waals surface area contributed by atoms with Gasteiger partial charge in [0.15, 0.2) is 0 Å². The van der Waals surface area contributed by atoms with Gasteiger partial charge in [-0.25, -0.2) is 9.18 Å². The number of rotatable bonds is 7. The minimum Gasteiger partial charge on any atom is -0.379 e. The third kappa shape index (κ3) is 6.19. The van der Waals surface area contributed by atoms with E-state index in [9.17, 15) is 17.6 Å². The summed E-state index contributed by atoms with van der Waals surface area (Å²) in [6, 6.07) is 11.0. The van der Waals surface area contributed by atoms with Crippen molar-refractivity contribution >= 4 is 16.1 Å². The van der Waals surface area contributed by atoms with Crippen molar-refractivity contribution in [3.8, 4) is 5.75 Å². The third-order valence-corrected chi connectivity index (χ3v) is 5.83. The molecule has 0 aromatic heterocycles. The number of nitrogens with one attached hydrogen (secondary N) is 1. The fourth-order valence-electron chi connectivity index (χ4n) is 2.92. The Kier molecular flexibility index (Phi) is 6.36. The Morgan fingerprint density at radius 3 is 2.37 bits per heavy atom. The van der Waals surface area contributed by atoms with Gasteiger partial charge in [0.25, 0.3) is 0 Å². The Morgan fingerprint density at radius 2 is 1.77 bits per heavy atom. The molecule has 2 aromatic rings. The summed E-state index contributed by atoms with van der Waals surface area (Å²) in [5, 5.41) is 2.96. The molecule has 3 rings (SSSR count). The largest absolute Gasteiger partial charge is 0.379 e. The van der Waals surface area contributed by atoms with Gasteiger partial charge in [0.05, 0.1) is 6.54 Å². The van der Waals surface area contributed by atoms with Gasteiger partial charge in [0.2, 0.25) is 0 Å². The summed E-state index contributed by atoms with van der Waals surface area (Å²) in [5.74, 6) is 0.0767. The van der Waals surface area contributed by atoms with E-state index in [0.29, 0.717) is 18.0 Å². The lowest BCUT2D eigenvalue weighted by Gasteiger charge is -2.29. The van der Waals surface area contributed by atoms with E-state index in [1.54, 1.807) is 29.2 Å². The first-order valence-corrected chi connectivity index (χ1v) is 11.3. The minimum atomic E-state index is -4.13. The van der Waals surface area contributed by atoms with Gasteiger partial charge in [-0.1, -0.05) is 18.2 Å². The van der Waals surface area contributed by atoms with E-state index in [1.165, 1.54) is 0 Å². The van der Waals surface area contributed by atoms with Crippen molar-refractivity contribution in [1.82, 2.24) is 10.2 Å². The van der Waals surface area contributed by atoms with Crippen LogP contribution < -0.4 is 9.50 Å². The first kappa shape index (κ1) is 22.1. The van der Waals surface area contributed by atoms with Crippen LogP contribution in [0, 0.1) is 11.7 Å². The predicted molar refractivity (Wildman–Crippen MR) is 112 cm³/mol. The van der Waals surface area contributed by atoms with Gasteiger partial charge in [-0.3, -0.25) is 0 Å². The van der Waals surface area contributed by atoms with Crippen LogP contribution in [0.4, 0.5) is 9.18 Å². The Morgan fingerprint density at radius 1 is 1.13 bits per heavy atom. The van der Waals surface area contributed by atoms with Crippen LogP contribution in [0.25, 0.3) is 0 Å². The number of benzene rings is 2.